The van der Waals surface area contributed by atoms with Crippen LogP contribution in [0.1, 0.15) is 17.9 Å². The Morgan fingerprint density at radius 2 is 2.23 bits per heavy atom. The summed E-state index contributed by atoms with van der Waals surface area (Å²) in [4.78, 5) is 2.41. The third-order valence-electron chi connectivity index (χ3n) is 3.31. The normalized spacial score (nSPS) is 31.2. The lowest BCUT2D eigenvalue weighted by molar-refractivity contribution is 0.334. The van der Waals surface area contributed by atoms with Gasteiger partial charge in [-0.1, -0.05) is 18.2 Å². The fraction of sp³-hybridized carbons (Fsp3) is 0.455. The monoisotopic (exact) mass is 174 g/mol. The van der Waals surface area contributed by atoms with E-state index in [-0.39, 0.29) is 0 Å². The number of hydrogen-bond acceptors (Lipinski definition) is 2. The summed E-state index contributed by atoms with van der Waals surface area (Å²) >= 11 is 0. The molecule has 0 amide bonds. The van der Waals surface area contributed by atoms with Crippen molar-refractivity contribution >= 4 is 5.69 Å². The summed E-state index contributed by atoms with van der Waals surface area (Å²) < 4.78 is 0. The first-order valence-electron chi connectivity index (χ1n) is 4.92. The zero-order valence-corrected chi connectivity index (χ0v) is 7.83. The van der Waals surface area contributed by atoms with Crippen LogP contribution in [0.15, 0.2) is 24.3 Å². The smallest absolute Gasteiger partial charge is 0.0862 e. The Kier molecular flexibility index (Phi) is 1.41. The van der Waals surface area contributed by atoms with E-state index in [1.807, 2.05) is 0 Å². The topological polar surface area (TPSA) is 15.3 Å². The number of likely N-dealkylation sites (N-methyl/N-ethyl adjacent to an activating group) is 1. The summed E-state index contributed by atoms with van der Waals surface area (Å²) in [6, 6.07) is 8.68. The highest BCUT2D eigenvalue weighted by atomic mass is 15.3. The minimum Gasteiger partial charge on any atom is -0.369 e. The third-order valence-corrected chi connectivity index (χ3v) is 3.31. The van der Waals surface area contributed by atoms with Crippen LogP contribution in [0.3, 0.4) is 0 Å². The highest BCUT2D eigenvalue weighted by Crippen LogP contribution is 2.42. The summed E-state index contributed by atoms with van der Waals surface area (Å²) in [6.07, 6.45) is 1.85. The number of benzene rings is 1. The molecule has 2 atom stereocenters. The van der Waals surface area contributed by atoms with Crippen LogP contribution in [0.2, 0.25) is 0 Å². The van der Waals surface area contributed by atoms with E-state index < -0.39 is 0 Å². The molecule has 1 saturated heterocycles. The van der Waals surface area contributed by atoms with E-state index in [9.17, 15) is 0 Å². The van der Waals surface area contributed by atoms with Crippen LogP contribution in [0.25, 0.3) is 0 Å². The van der Waals surface area contributed by atoms with Crippen molar-refractivity contribution in [2.24, 2.45) is 0 Å². The highest BCUT2D eigenvalue weighted by molar-refractivity contribution is 5.59. The van der Waals surface area contributed by atoms with Gasteiger partial charge in [0.15, 0.2) is 0 Å². The van der Waals surface area contributed by atoms with Gasteiger partial charge in [0.25, 0.3) is 0 Å². The van der Waals surface area contributed by atoms with Crippen LogP contribution in [-0.4, -0.2) is 24.7 Å². The molecule has 2 heteroatoms. The molecule has 0 bridgehead atoms. The molecular weight excluding hydrogens is 160 g/mol. The number of anilines is 1. The molecule has 13 heavy (non-hydrogen) atoms. The SMILES string of the molecule is CN1CCC2c3ccccc3NC21. The van der Waals surface area contributed by atoms with E-state index in [1.54, 1.807) is 0 Å². The van der Waals surface area contributed by atoms with Crippen molar-refractivity contribution in [1.29, 1.82) is 0 Å². The van der Waals surface area contributed by atoms with E-state index in [2.05, 4.69) is 41.5 Å². The maximum absolute atomic E-state index is 3.57. The Bertz CT molecular complexity index is 335. The third kappa shape index (κ3) is 0.923. The van der Waals surface area contributed by atoms with Gasteiger partial charge >= 0.3 is 0 Å². The van der Waals surface area contributed by atoms with E-state index in [0.717, 1.165) is 5.92 Å². The molecule has 0 aliphatic carbocycles. The zero-order valence-electron chi connectivity index (χ0n) is 7.83. The second-order valence-corrected chi connectivity index (χ2v) is 4.05. The molecule has 68 valence electrons. The van der Waals surface area contributed by atoms with Crippen LogP contribution in [0, 0.1) is 0 Å². The average molecular weight is 174 g/mol. The van der Waals surface area contributed by atoms with Crippen molar-refractivity contribution in [2.45, 2.75) is 18.5 Å². The lowest BCUT2D eigenvalue weighted by atomic mass is 9.99. The molecule has 2 aliphatic heterocycles. The Labute approximate surface area is 78.6 Å². The van der Waals surface area contributed by atoms with Gasteiger partial charge in [0.05, 0.1) is 6.17 Å². The van der Waals surface area contributed by atoms with Gasteiger partial charge in [0.2, 0.25) is 0 Å². The standard InChI is InChI=1S/C11H14N2/c1-13-7-6-9-8-4-2-3-5-10(8)12-11(9)13/h2-5,9,11-12H,6-7H2,1H3. The van der Waals surface area contributed by atoms with Crippen LogP contribution >= 0.6 is 0 Å². The Morgan fingerprint density at radius 3 is 3.15 bits per heavy atom. The summed E-state index contributed by atoms with van der Waals surface area (Å²) in [5, 5.41) is 3.57. The van der Waals surface area contributed by atoms with Gasteiger partial charge in [0.1, 0.15) is 0 Å². The second kappa shape index (κ2) is 2.48. The molecule has 1 fully saturated rings. The number of fused-ring (bicyclic) bond motifs is 3. The first kappa shape index (κ1) is 7.39. The van der Waals surface area contributed by atoms with E-state index in [1.165, 1.54) is 24.2 Å². The quantitative estimate of drug-likeness (QED) is 0.645. The Hall–Kier alpha value is -1.02. The number of nitrogens with one attached hydrogen (secondary N) is 1. The molecule has 1 aromatic carbocycles. The van der Waals surface area contributed by atoms with Crippen molar-refractivity contribution in [3.63, 3.8) is 0 Å². The average Bonchev–Trinajstić information content (AvgIpc) is 2.67. The summed E-state index contributed by atoms with van der Waals surface area (Å²) in [6.45, 7) is 1.22. The molecule has 1 aromatic rings. The lowest BCUT2D eigenvalue weighted by Gasteiger charge is -2.18. The molecule has 3 rings (SSSR count). The van der Waals surface area contributed by atoms with Crippen LogP contribution in [-0.2, 0) is 0 Å². The molecule has 0 saturated carbocycles. The molecule has 2 nitrogen and oxygen atoms in total. The minimum atomic E-state index is 0.553. The highest BCUT2D eigenvalue weighted by Gasteiger charge is 2.38. The van der Waals surface area contributed by atoms with Crippen molar-refractivity contribution in [3.05, 3.63) is 29.8 Å². The number of rotatable bonds is 0. The van der Waals surface area contributed by atoms with Crippen molar-refractivity contribution in [3.8, 4) is 0 Å². The van der Waals surface area contributed by atoms with Crippen molar-refractivity contribution in [1.82, 2.24) is 4.90 Å². The second-order valence-electron chi connectivity index (χ2n) is 4.05. The summed E-state index contributed by atoms with van der Waals surface area (Å²) in [7, 11) is 2.20. The predicted molar refractivity (Wildman–Crippen MR) is 53.8 cm³/mol. The number of nitrogens with zero attached hydrogens (tertiary/aromatic N) is 1. The molecule has 0 aromatic heterocycles. The zero-order chi connectivity index (χ0) is 8.84. The summed E-state index contributed by atoms with van der Waals surface area (Å²) in [5.74, 6) is 0.723. The number of hydrogen-bond donors (Lipinski definition) is 1. The van der Waals surface area contributed by atoms with Gasteiger partial charge in [0, 0.05) is 18.2 Å². The molecular formula is C11H14N2. The molecule has 0 radical (unpaired) electrons. The molecule has 0 spiro atoms. The van der Waals surface area contributed by atoms with Crippen LogP contribution in [0.4, 0.5) is 5.69 Å². The first-order valence-corrected chi connectivity index (χ1v) is 4.92. The van der Waals surface area contributed by atoms with Gasteiger partial charge < -0.3 is 5.32 Å². The maximum atomic E-state index is 3.57. The van der Waals surface area contributed by atoms with Crippen LogP contribution < -0.4 is 5.32 Å². The van der Waals surface area contributed by atoms with Gasteiger partial charge in [-0.25, -0.2) is 0 Å². The van der Waals surface area contributed by atoms with Gasteiger partial charge in [-0.15, -0.1) is 0 Å². The van der Waals surface area contributed by atoms with E-state index >= 15 is 0 Å². The largest absolute Gasteiger partial charge is 0.369 e. The van der Waals surface area contributed by atoms with Gasteiger partial charge in [-0.05, 0) is 25.1 Å². The molecule has 2 aliphatic rings. The Morgan fingerprint density at radius 1 is 1.38 bits per heavy atom. The fourth-order valence-corrected chi connectivity index (χ4v) is 2.59. The van der Waals surface area contributed by atoms with Crippen LogP contribution in [0.5, 0.6) is 0 Å². The predicted octanol–water partition coefficient (Wildman–Crippen LogP) is 1.86. The Balaban J connectivity index is 2.05. The van der Waals surface area contributed by atoms with Gasteiger partial charge in [-0.3, -0.25) is 4.90 Å². The maximum Gasteiger partial charge on any atom is 0.0862 e. The van der Waals surface area contributed by atoms with Crippen molar-refractivity contribution < 1.29 is 0 Å². The summed E-state index contributed by atoms with van der Waals surface area (Å²) in [5.41, 5.74) is 2.85. The lowest BCUT2D eigenvalue weighted by Crippen LogP contribution is -2.31. The molecule has 1 N–H and O–H groups in total. The van der Waals surface area contributed by atoms with Gasteiger partial charge in [-0.2, -0.15) is 0 Å². The minimum absolute atomic E-state index is 0.553. The number of para-hydroxylation sites is 1. The number of likely N-dealkylation sites (tertiary alicyclic amines) is 1. The first-order chi connectivity index (χ1) is 6.36. The van der Waals surface area contributed by atoms with Crippen molar-refractivity contribution in [2.75, 3.05) is 18.9 Å². The van der Waals surface area contributed by atoms with E-state index in [0.29, 0.717) is 6.17 Å². The molecule has 2 unspecified atom stereocenters. The van der Waals surface area contributed by atoms with E-state index in [4.69, 9.17) is 0 Å². The molecule has 2 heterocycles. The fourth-order valence-electron chi connectivity index (χ4n) is 2.59.